The first kappa shape index (κ1) is 18.4. The highest BCUT2D eigenvalue weighted by Gasteiger charge is 2.16. The Morgan fingerprint density at radius 1 is 1.12 bits per heavy atom. The SMILES string of the molecule is CC(C)C=COc1ccc2c(=O)c(O)c(-c3ccc(Cl)c(Cl)c3)oc2c1. The molecule has 26 heavy (non-hydrogen) atoms. The van der Waals surface area contributed by atoms with Crippen LogP contribution in [-0.4, -0.2) is 5.11 Å². The molecule has 0 unspecified atom stereocenters. The topological polar surface area (TPSA) is 59.7 Å². The van der Waals surface area contributed by atoms with Gasteiger partial charge >= 0.3 is 0 Å². The quantitative estimate of drug-likeness (QED) is 0.553. The van der Waals surface area contributed by atoms with Gasteiger partial charge in [-0.3, -0.25) is 4.79 Å². The van der Waals surface area contributed by atoms with Gasteiger partial charge in [0.15, 0.2) is 5.76 Å². The summed E-state index contributed by atoms with van der Waals surface area (Å²) < 4.78 is 11.3. The number of rotatable bonds is 4. The lowest BCUT2D eigenvalue weighted by Gasteiger charge is -2.08. The molecular weight excluding hydrogens is 375 g/mol. The normalized spacial score (nSPS) is 11.6. The highest BCUT2D eigenvalue weighted by molar-refractivity contribution is 6.42. The lowest BCUT2D eigenvalue weighted by atomic mass is 10.1. The molecule has 0 fully saturated rings. The van der Waals surface area contributed by atoms with E-state index in [-0.39, 0.29) is 11.1 Å². The predicted octanol–water partition coefficient (Wildman–Crippen LogP) is 6.02. The largest absolute Gasteiger partial charge is 0.502 e. The zero-order chi connectivity index (χ0) is 18.8. The first-order valence-corrected chi connectivity index (χ1v) is 8.71. The minimum absolute atomic E-state index is 0.0240. The van der Waals surface area contributed by atoms with Crippen LogP contribution in [0.15, 0.2) is 57.9 Å². The van der Waals surface area contributed by atoms with Gasteiger partial charge in [0.1, 0.15) is 11.3 Å². The summed E-state index contributed by atoms with van der Waals surface area (Å²) in [5.41, 5.74) is 0.211. The lowest BCUT2D eigenvalue weighted by Crippen LogP contribution is -2.02. The van der Waals surface area contributed by atoms with Crippen LogP contribution in [0.4, 0.5) is 0 Å². The molecule has 1 heterocycles. The summed E-state index contributed by atoms with van der Waals surface area (Å²) in [6.45, 7) is 4.07. The van der Waals surface area contributed by atoms with Gasteiger partial charge in [-0.1, -0.05) is 37.0 Å². The first-order valence-electron chi connectivity index (χ1n) is 7.95. The van der Waals surface area contributed by atoms with Gasteiger partial charge < -0.3 is 14.3 Å². The molecule has 4 nitrogen and oxygen atoms in total. The van der Waals surface area contributed by atoms with Gasteiger partial charge in [-0.05, 0) is 42.3 Å². The van der Waals surface area contributed by atoms with Crippen LogP contribution < -0.4 is 10.2 Å². The van der Waals surface area contributed by atoms with E-state index in [1.807, 2.05) is 19.9 Å². The second-order valence-electron chi connectivity index (χ2n) is 6.09. The van der Waals surface area contributed by atoms with Crippen molar-refractivity contribution in [3.05, 3.63) is 69.0 Å². The zero-order valence-electron chi connectivity index (χ0n) is 14.1. The van der Waals surface area contributed by atoms with Gasteiger partial charge in [0.2, 0.25) is 11.2 Å². The van der Waals surface area contributed by atoms with Crippen molar-refractivity contribution < 1.29 is 14.3 Å². The van der Waals surface area contributed by atoms with Crippen LogP contribution in [0.2, 0.25) is 10.0 Å². The van der Waals surface area contributed by atoms with Crippen LogP contribution in [-0.2, 0) is 0 Å². The van der Waals surface area contributed by atoms with Crippen molar-refractivity contribution in [2.75, 3.05) is 0 Å². The van der Waals surface area contributed by atoms with E-state index in [0.29, 0.717) is 32.9 Å². The molecule has 0 saturated heterocycles. The van der Waals surface area contributed by atoms with Crippen LogP contribution in [0.1, 0.15) is 13.8 Å². The van der Waals surface area contributed by atoms with Gasteiger partial charge in [-0.25, -0.2) is 0 Å². The van der Waals surface area contributed by atoms with Crippen LogP contribution in [0.25, 0.3) is 22.3 Å². The van der Waals surface area contributed by atoms with Crippen molar-refractivity contribution >= 4 is 34.2 Å². The fourth-order valence-electron chi connectivity index (χ4n) is 2.34. The molecule has 6 heteroatoms. The number of hydrogen-bond donors (Lipinski definition) is 1. The minimum Gasteiger partial charge on any atom is -0.502 e. The predicted molar refractivity (Wildman–Crippen MR) is 104 cm³/mol. The Morgan fingerprint density at radius 2 is 1.88 bits per heavy atom. The van der Waals surface area contributed by atoms with Crippen LogP contribution >= 0.6 is 23.2 Å². The lowest BCUT2D eigenvalue weighted by molar-refractivity contribution is 0.447. The molecule has 1 aromatic heterocycles. The maximum atomic E-state index is 12.5. The van der Waals surface area contributed by atoms with Crippen molar-refractivity contribution in [2.45, 2.75) is 13.8 Å². The van der Waals surface area contributed by atoms with E-state index in [1.165, 1.54) is 6.07 Å². The summed E-state index contributed by atoms with van der Waals surface area (Å²) in [4.78, 5) is 12.5. The Labute approximate surface area is 160 Å². The fraction of sp³-hybridized carbons (Fsp3) is 0.150. The standard InChI is InChI=1S/C20H16Cl2O4/c1-11(2)7-8-25-13-4-5-14-17(10-13)26-20(19(24)18(14)23)12-3-6-15(21)16(22)9-12/h3-11,24H,1-2H3. The number of halogens is 2. The van der Waals surface area contributed by atoms with Gasteiger partial charge in [0.25, 0.3) is 0 Å². The van der Waals surface area contributed by atoms with Crippen molar-refractivity contribution in [1.82, 2.24) is 0 Å². The smallest absolute Gasteiger partial charge is 0.235 e. The van der Waals surface area contributed by atoms with Crippen LogP contribution in [0, 0.1) is 5.92 Å². The summed E-state index contributed by atoms with van der Waals surface area (Å²) in [6, 6.07) is 9.50. The first-order chi connectivity index (χ1) is 12.4. The average molecular weight is 391 g/mol. The average Bonchev–Trinajstić information content (AvgIpc) is 2.60. The van der Waals surface area contributed by atoms with Crippen molar-refractivity contribution in [2.24, 2.45) is 5.92 Å². The zero-order valence-corrected chi connectivity index (χ0v) is 15.6. The molecule has 134 valence electrons. The molecule has 0 atom stereocenters. The number of benzene rings is 2. The molecule has 0 spiro atoms. The second kappa shape index (κ2) is 7.44. The molecule has 3 rings (SSSR count). The molecule has 0 amide bonds. The van der Waals surface area contributed by atoms with Crippen LogP contribution in [0.5, 0.6) is 11.5 Å². The van der Waals surface area contributed by atoms with E-state index in [1.54, 1.807) is 36.6 Å². The third-order valence-electron chi connectivity index (χ3n) is 3.69. The van der Waals surface area contributed by atoms with Gasteiger partial charge in [0, 0.05) is 11.6 Å². The maximum Gasteiger partial charge on any atom is 0.235 e. The van der Waals surface area contributed by atoms with Crippen molar-refractivity contribution in [3.8, 4) is 22.8 Å². The molecule has 1 N–H and O–H groups in total. The van der Waals surface area contributed by atoms with Crippen molar-refractivity contribution in [1.29, 1.82) is 0 Å². The minimum atomic E-state index is -0.531. The Morgan fingerprint density at radius 3 is 2.58 bits per heavy atom. The van der Waals surface area contributed by atoms with Crippen molar-refractivity contribution in [3.63, 3.8) is 0 Å². The Kier molecular flexibility index (Phi) is 5.25. The third kappa shape index (κ3) is 3.71. The molecule has 0 bridgehead atoms. The summed E-state index contributed by atoms with van der Waals surface area (Å²) in [6.07, 6.45) is 3.49. The molecule has 0 radical (unpaired) electrons. The summed E-state index contributed by atoms with van der Waals surface area (Å²) >= 11 is 11.9. The molecule has 0 aliphatic rings. The number of allylic oxidation sites excluding steroid dienone is 1. The number of hydrogen-bond acceptors (Lipinski definition) is 4. The highest BCUT2D eigenvalue weighted by Crippen LogP contribution is 2.34. The summed E-state index contributed by atoms with van der Waals surface area (Å²) in [7, 11) is 0. The summed E-state index contributed by atoms with van der Waals surface area (Å²) in [5, 5.41) is 11.2. The molecule has 2 aromatic carbocycles. The second-order valence-corrected chi connectivity index (χ2v) is 6.90. The molecule has 0 saturated carbocycles. The molecule has 0 aliphatic carbocycles. The molecule has 0 aliphatic heterocycles. The Hall–Kier alpha value is -2.43. The van der Waals surface area contributed by atoms with Crippen LogP contribution in [0.3, 0.4) is 0 Å². The molecule has 3 aromatic rings. The van der Waals surface area contributed by atoms with E-state index >= 15 is 0 Å². The molecular formula is C20H16Cl2O4. The van der Waals surface area contributed by atoms with Gasteiger partial charge in [0.05, 0.1) is 21.7 Å². The van der Waals surface area contributed by atoms with E-state index in [2.05, 4.69) is 0 Å². The Bertz CT molecular complexity index is 1050. The number of ether oxygens (including phenoxy) is 1. The Balaban J connectivity index is 2.11. The monoisotopic (exact) mass is 390 g/mol. The fourth-order valence-corrected chi connectivity index (χ4v) is 2.64. The van der Waals surface area contributed by atoms with E-state index < -0.39 is 11.2 Å². The van der Waals surface area contributed by atoms with E-state index in [9.17, 15) is 9.90 Å². The number of fused-ring (bicyclic) bond motifs is 1. The third-order valence-corrected chi connectivity index (χ3v) is 4.43. The van der Waals surface area contributed by atoms with E-state index in [0.717, 1.165) is 0 Å². The van der Waals surface area contributed by atoms with Gasteiger partial charge in [-0.2, -0.15) is 0 Å². The van der Waals surface area contributed by atoms with E-state index in [4.69, 9.17) is 32.4 Å². The van der Waals surface area contributed by atoms with Gasteiger partial charge in [-0.15, -0.1) is 0 Å². The highest BCUT2D eigenvalue weighted by atomic mass is 35.5. The maximum absolute atomic E-state index is 12.5. The summed E-state index contributed by atoms with van der Waals surface area (Å²) in [5.74, 6) is 0.412. The number of aromatic hydroxyl groups is 1.